The van der Waals surface area contributed by atoms with Crippen LogP contribution in [0.3, 0.4) is 0 Å². The predicted octanol–water partition coefficient (Wildman–Crippen LogP) is 8.23. The van der Waals surface area contributed by atoms with Crippen LogP contribution in [-0.2, 0) is 9.47 Å². The summed E-state index contributed by atoms with van der Waals surface area (Å²) in [7, 11) is 0. The summed E-state index contributed by atoms with van der Waals surface area (Å²) in [5.41, 5.74) is -0.658. The number of nitro groups is 1. The maximum atomic E-state index is 13.6. The van der Waals surface area contributed by atoms with Gasteiger partial charge in [0.25, 0.3) is 11.6 Å². The van der Waals surface area contributed by atoms with Crippen molar-refractivity contribution in [1.82, 2.24) is 19.1 Å². The van der Waals surface area contributed by atoms with Gasteiger partial charge in [0.05, 0.1) is 27.3 Å². The number of nitrogens with zero attached hydrogens (tertiary/aromatic N) is 6. The van der Waals surface area contributed by atoms with Crippen molar-refractivity contribution in [2.24, 2.45) is 0 Å². The van der Waals surface area contributed by atoms with Crippen LogP contribution in [0, 0.1) is 10.1 Å². The molecule has 2 amide bonds. The number of amides is 2. The molecule has 16 heteroatoms. The Kier molecular flexibility index (Phi) is 9.19. The summed E-state index contributed by atoms with van der Waals surface area (Å²) in [6.45, 7) is 10.4. The fourth-order valence-corrected chi connectivity index (χ4v) is 5.44. The molecule has 0 fully saturated rings. The molecule has 0 unspecified atom stereocenters. The third-order valence-corrected chi connectivity index (χ3v) is 7.48. The van der Waals surface area contributed by atoms with E-state index in [-0.39, 0.29) is 32.9 Å². The molecule has 0 aliphatic rings. The molecule has 0 bridgehead atoms. The van der Waals surface area contributed by atoms with Crippen LogP contribution >= 0.6 is 23.1 Å². The number of fused-ring (bicyclic) bond motifs is 1. The monoisotopic (exact) mass is 691 g/mol. The summed E-state index contributed by atoms with van der Waals surface area (Å²) >= 11 is 7.75. The quantitative estimate of drug-likeness (QED) is 0.135. The van der Waals surface area contributed by atoms with Crippen molar-refractivity contribution in [2.45, 2.75) is 52.7 Å². The standard InChI is InChI=1S/C32H30ClN7O7S/c1-31(2,3)46-29(42)38(24-15-14-22-21(25(24)33)17-34-39(22)30(43)47-32(4,5)6)28-36-26(37-48-28)18-10-9-11-19(16-18)35-27(41)20-12-7-8-13-23(20)40(44)45/h7-17H,1-6H3,(H,35,41). The smallest absolute Gasteiger partial charge is 0.435 e. The number of aromatic nitrogens is 4. The lowest BCUT2D eigenvalue weighted by Gasteiger charge is -2.26. The highest BCUT2D eigenvalue weighted by atomic mass is 35.5. The van der Waals surface area contributed by atoms with Crippen molar-refractivity contribution >= 4 is 74.3 Å². The molecule has 0 spiro atoms. The first kappa shape index (κ1) is 33.9. The van der Waals surface area contributed by atoms with Crippen LogP contribution in [-0.4, -0.2) is 53.4 Å². The van der Waals surface area contributed by atoms with Crippen LogP contribution in [0.15, 0.2) is 66.9 Å². The first-order valence-corrected chi connectivity index (χ1v) is 15.6. The molecule has 0 saturated heterocycles. The minimum Gasteiger partial charge on any atom is -0.443 e. The Bertz CT molecular complexity index is 2060. The van der Waals surface area contributed by atoms with Crippen LogP contribution in [0.25, 0.3) is 22.3 Å². The molecular weight excluding hydrogens is 662 g/mol. The van der Waals surface area contributed by atoms with E-state index in [2.05, 4.69) is 19.8 Å². The number of anilines is 3. The number of ether oxygens (including phenoxy) is 2. The highest BCUT2D eigenvalue weighted by molar-refractivity contribution is 7.10. The van der Waals surface area contributed by atoms with Gasteiger partial charge in [0, 0.05) is 34.2 Å². The minimum absolute atomic E-state index is 0.0968. The molecule has 248 valence electrons. The molecule has 14 nitrogen and oxygen atoms in total. The third kappa shape index (κ3) is 7.42. The van der Waals surface area contributed by atoms with E-state index in [9.17, 15) is 24.5 Å². The van der Waals surface area contributed by atoms with Crippen molar-refractivity contribution in [3.63, 3.8) is 0 Å². The molecule has 48 heavy (non-hydrogen) atoms. The number of para-hydroxylation sites is 1. The van der Waals surface area contributed by atoms with E-state index in [1.807, 2.05) is 0 Å². The lowest BCUT2D eigenvalue weighted by Crippen LogP contribution is -2.34. The van der Waals surface area contributed by atoms with E-state index in [0.29, 0.717) is 22.2 Å². The largest absolute Gasteiger partial charge is 0.443 e. The molecule has 1 N–H and O–H groups in total. The van der Waals surface area contributed by atoms with Gasteiger partial charge < -0.3 is 14.8 Å². The summed E-state index contributed by atoms with van der Waals surface area (Å²) < 4.78 is 16.7. The second-order valence-electron chi connectivity index (χ2n) is 12.4. The summed E-state index contributed by atoms with van der Waals surface area (Å²) in [5.74, 6) is -0.442. The van der Waals surface area contributed by atoms with Gasteiger partial charge in [-0.25, -0.2) is 14.5 Å². The molecule has 0 atom stereocenters. The summed E-state index contributed by atoms with van der Waals surface area (Å²) in [6.07, 6.45) is -0.0794. The summed E-state index contributed by atoms with van der Waals surface area (Å²) in [6, 6.07) is 15.3. The van der Waals surface area contributed by atoms with Crippen molar-refractivity contribution < 1.29 is 28.8 Å². The average Bonchev–Trinajstić information content (AvgIpc) is 3.65. The Morgan fingerprint density at radius 1 is 0.979 bits per heavy atom. The molecule has 3 aromatic carbocycles. The molecule has 2 aromatic heterocycles. The normalized spacial score (nSPS) is 11.6. The molecule has 0 aliphatic heterocycles. The van der Waals surface area contributed by atoms with Gasteiger partial charge in [0.15, 0.2) is 5.82 Å². The van der Waals surface area contributed by atoms with E-state index >= 15 is 0 Å². The Balaban J connectivity index is 1.49. The maximum absolute atomic E-state index is 13.6. The number of nitro benzene ring substituents is 1. The molecule has 2 heterocycles. The summed E-state index contributed by atoms with van der Waals surface area (Å²) in [4.78, 5) is 55.9. The number of hydrogen-bond acceptors (Lipinski definition) is 11. The third-order valence-electron chi connectivity index (χ3n) is 6.38. The maximum Gasteiger partial charge on any atom is 0.435 e. The highest BCUT2D eigenvalue weighted by Gasteiger charge is 2.31. The number of nitrogens with one attached hydrogen (secondary N) is 1. The van der Waals surface area contributed by atoms with Crippen LogP contribution in [0.4, 0.5) is 31.8 Å². The van der Waals surface area contributed by atoms with Gasteiger partial charge in [-0.3, -0.25) is 14.9 Å². The number of carbonyl (C=O) groups is 3. The van der Waals surface area contributed by atoms with Crippen LogP contribution < -0.4 is 10.2 Å². The zero-order valence-corrected chi connectivity index (χ0v) is 28.3. The number of hydrogen-bond donors (Lipinski definition) is 1. The van der Waals surface area contributed by atoms with Crippen LogP contribution in [0.2, 0.25) is 5.02 Å². The zero-order chi connectivity index (χ0) is 35.0. The lowest BCUT2D eigenvalue weighted by molar-refractivity contribution is -0.385. The van der Waals surface area contributed by atoms with E-state index in [4.69, 9.17) is 21.1 Å². The number of benzene rings is 3. The van der Waals surface area contributed by atoms with Crippen molar-refractivity contribution in [3.8, 4) is 11.4 Å². The Morgan fingerprint density at radius 3 is 2.38 bits per heavy atom. The fourth-order valence-electron chi connectivity index (χ4n) is 4.45. The van der Waals surface area contributed by atoms with Crippen LogP contribution in [0.5, 0.6) is 0 Å². The fraction of sp³-hybridized carbons (Fsp3) is 0.250. The first-order valence-electron chi connectivity index (χ1n) is 14.4. The number of rotatable bonds is 6. The number of carbonyl (C=O) groups excluding carboxylic acids is 3. The predicted molar refractivity (Wildman–Crippen MR) is 181 cm³/mol. The average molecular weight is 692 g/mol. The van der Waals surface area contributed by atoms with E-state index < -0.39 is 34.2 Å². The van der Waals surface area contributed by atoms with Gasteiger partial charge in [0.1, 0.15) is 16.8 Å². The molecule has 0 radical (unpaired) electrons. The van der Waals surface area contributed by atoms with E-state index in [1.165, 1.54) is 41.4 Å². The zero-order valence-electron chi connectivity index (χ0n) is 26.7. The second-order valence-corrected chi connectivity index (χ2v) is 13.5. The van der Waals surface area contributed by atoms with Gasteiger partial charge in [-0.2, -0.15) is 19.1 Å². The SMILES string of the molecule is CC(C)(C)OC(=O)N(c1nc(-c2cccc(NC(=O)c3ccccc3[N+](=O)[O-])c2)ns1)c1ccc2c(cnn2C(=O)OC(C)(C)C)c1Cl. The van der Waals surface area contributed by atoms with E-state index in [1.54, 1.807) is 71.9 Å². The van der Waals surface area contributed by atoms with Crippen molar-refractivity contribution in [3.05, 3.63) is 87.6 Å². The Labute approximate surface area is 283 Å². The summed E-state index contributed by atoms with van der Waals surface area (Å²) in [5, 5.41) is 18.8. The molecule has 0 saturated carbocycles. The molecule has 0 aliphatic carbocycles. The molecule has 5 rings (SSSR count). The van der Waals surface area contributed by atoms with Gasteiger partial charge in [0.2, 0.25) is 5.13 Å². The van der Waals surface area contributed by atoms with E-state index in [0.717, 1.165) is 16.2 Å². The second kappa shape index (κ2) is 13.0. The van der Waals surface area contributed by atoms with Crippen molar-refractivity contribution in [1.29, 1.82) is 0 Å². The minimum atomic E-state index is -0.874. The topological polar surface area (TPSA) is 172 Å². The van der Waals surface area contributed by atoms with Gasteiger partial charge in [-0.1, -0.05) is 35.9 Å². The Hall–Kier alpha value is -5.41. The van der Waals surface area contributed by atoms with Gasteiger partial charge >= 0.3 is 12.2 Å². The number of halogens is 1. The molecular formula is C32H30ClN7O7S. The van der Waals surface area contributed by atoms with Gasteiger partial charge in [-0.05, 0) is 71.9 Å². The lowest BCUT2D eigenvalue weighted by atomic mass is 10.1. The highest BCUT2D eigenvalue weighted by Crippen LogP contribution is 2.40. The Morgan fingerprint density at radius 2 is 1.69 bits per heavy atom. The first-order chi connectivity index (χ1) is 22.5. The molecule has 5 aromatic rings. The van der Waals surface area contributed by atoms with Gasteiger partial charge in [-0.15, -0.1) is 0 Å². The van der Waals surface area contributed by atoms with Crippen LogP contribution in [0.1, 0.15) is 51.9 Å². The van der Waals surface area contributed by atoms with Crippen molar-refractivity contribution in [2.75, 3.05) is 10.2 Å².